The van der Waals surface area contributed by atoms with Crippen molar-refractivity contribution in [2.24, 2.45) is 0 Å². The van der Waals surface area contributed by atoms with E-state index in [9.17, 15) is 4.79 Å². The van der Waals surface area contributed by atoms with Gasteiger partial charge in [-0.05, 0) is 40.2 Å². The second-order valence-corrected chi connectivity index (χ2v) is 4.62. The Kier molecular flexibility index (Phi) is 4.11. The highest BCUT2D eigenvalue weighted by atomic mass is 79.9. The predicted octanol–water partition coefficient (Wildman–Crippen LogP) is 3.36. The zero-order valence-electron chi connectivity index (χ0n) is 10.1. The van der Waals surface area contributed by atoms with E-state index in [0.717, 1.165) is 15.9 Å². The van der Waals surface area contributed by atoms with Crippen LogP contribution in [0.15, 0.2) is 39.2 Å². The highest BCUT2D eigenvalue weighted by molar-refractivity contribution is 9.10. The van der Waals surface area contributed by atoms with Gasteiger partial charge in [0.2, 0.25) is 5.76 Å². The third-order valence-corrected chi connectivity index (χ3v) is 3.19. The minimum atomic E-state index is -1.08. The summed E-state index contributed by atoms with van der Waals surface area (Å²) in [6.07, 6.45) is 0. The zero-order chi connectivity index (χ0) is 13.8. The molecule has 0 atom stereocenters. The fourth-order valence-corrected chi connectivity index (χ4v) is 1.92. The molecular weight excluding hydrogens is 314 g/mol. The average Bonchev–Trinajstić information content (AvgIpc) is 2.87. The standard InChI is InChI=1S/C13H12BrNO4/c1-18-8-2-4-10(14)11(6-8)15-7-9-3-5-12(19-9)13(16)17/h2-6,15H,7H2,1H3,(H,16,17). The Morgan fingerprint density at radius 3 is 2.84 bits per heavy atom. The third kappa shape index (κ3) is 3.29. The van der Waals surface area contributed by atoms with Crippen LogP contribution in [0, 0.1) is 0 Å². The van der Waals surface area contributed by atoms with Crippen molar-refractivity contribution in [2.75, 3.05) is 12.4 Å². The number of ether oxygens (including phenoxy) is 1. The summed E-state index contributed by atoms with van der Waals surface area (Å²) >= 11 is 3.42. The molecule has 6 heteroatoms. The van der Waals surface area contributed by atoms with Crippen LogP contribution in [-0.4, -0.2) is 18.2 Å². The van der Waals surface area contributed by atoms with E-state index >= 15 is 0 Å². The zero-order valence-corrected chi connectivity index (χ0v) is 11.7. The molecule has 0 saturated heterocycles. The predicted molar refractivity (Wildman–Crippen MR) is 73.7 cm³/mol. The summed E-state index contributed by atoms with van der Waals surface area (Å²) in [5.41, 5.74) is 0.840. The van der Waals surface area contributed by atoms with E-state index in [1.807, 2.05) is 18.2 Å². The first kappa shape index (κ1) is 13.5. The molecule has 19 heavy (non-hydrogen) atoms. The first-order valence-electron chi connectivity index (χ1n) is 5.49. The number of carboxylic acid groups (broad SMARTS) is 1. The number of furan rings is 1. The van der Waals surface area contributed by atoms with E-state index in [2.05, 4.69) is 21.2 Å². The number of hydrogen-bond donors (Lipinski definition) is 2. The summed E-state index contributed by atoms with van der Waals surface area (Å²) in [5, 5.41) is 11.9. The molecule has 1 heterocycles. The van der Waals surface area contributed by atoms with Crippen molar-refractivity contribution in [3.63, 3.8) is 0 Å². The van der Waals surface area contributed by atoms with Crippen molar-refractivity contribution < 1.29 is 19.1 Å². The minimum absolute atomic E-state index is 0.0680. The number of carboxylic acids is 1. The maximum absolute atomic E-state index is 10.7. The van der Waals surface area contributed by atoms with E-state index in [1.165, 1.54) is 6.07 Å². The van der Waals surface area contributed by atoms with Crippen molar-refractivity contribution >= 4 is 27.6 Å². The lowest BCUT2D eigenvalue weighted by Gasteiger charge is -2.09. The maximum Gasteiger partial charge on any atom is 0.371 e. The van der Waals surface area contributed by atoms with Crippen LogP contribution in [0.5, 0.6) is 5.75 Å². The molecule has 1 aromatic carbocycles. The monoisotopic (exact) mass is 325 g/mol. The van der Waals surface area contributed by atoms with Gasteiger partial charge in [-0.25, -0.2) is 4.79 Å². The van der Waals surface area contributed by atoms with Gasteiger partial charge in [-0.1, -0.05) is 0 Å². The number of anilines is 1. The Hall–Kier alpha value is -1.95. The van der Waals surface area contributed by atoms with Crippen LogP contribution in [-0.2, 0) is 6.54 Å². The maximum atomic E-state index is 10.7. The van der Waals surface area contributed by atoms with Crippen LogP contribution in [0.1, 0.15) is 16.3 Å². The van der Waals surface area contributed by atoms with Crippen LogP contribution in [0.4, 0.5) is 5.69 Å². The molecule has 0 amide bonds. The highest BCUT2D eigenvalue weighted by Gasteiger charge is 2.09. The van der Waals surface area contributed by atoms with Gasteiger partial charge < -0.3 is 19.6 Å². The van der Waals surface area contributed by atoms with E-state index in [1.54, 1.807) is 13.2 Å². The van der Waals surface area contributed by atoms with Gasteiger partial charge in [0.15, 0.2) is 0 Å². The van der Waals surface area contributed by atoms with Gasteiger partial charge in [-0.3, -0.25) is 0 Å². The molecule has 0 aliphatic rings. The summed E-state index contributed by atoms with van der Waals surface area (Å²) < 4.78 is 11.2. The number of rotatable bonds is 5. The van der Waals surface area contributed by atoms with E-state index in [0.29, 0.717) is 12.3 Å². The molecule has 0 fully saturated rings. The fraction of sp³-hybridized carbons (Fsp3) is 0.154. The molecule has 2 N–H and O–H groups in total. The molecule has 0 aliphatic carbocycles. The number of carbonyl (C=O) groups is 1. The topological polar surface area (TPSA) is 71.7 Å². The highest BCUT2D eigenvalue weighted by Crippen LogP contribution is 2.27. The summed E-state index contributed by atoms with van der Waals surface area (Å²) in [4.78, 5) is 10.7. The second kappa shape index (κ2) is 5.79. The largest absolute Gasteiger partial charge is 0.497 e. The Bertz CT molecular complexity index is 594. The quantitative estimate of drug-likeness (QED) is 0.881. The first-order chi connectivity index (χ1) is 9.10. The SMILES string of the molecule is COc1ccc(Br)c(NCc2ccc(C(=O)O)o2)c1. The van der Waals surface area contributed by atoms with Crippen LogP contribution in [0.3, 0.4) is 0 Å². The summed E-state index contributed by atoms with van der Waals surface area (Å²) in [7, 11) is 1.60. The normalized spacial score (nSPS) is 10.2. The number of nitrogens with one attached hydrogen (secondary N) is 1. The van der Waals surface area contributed by atoms with Gasteiger partial charge in [0.25, 0.3) is 0 Å². The third-order valence-electron chi connectivity index (χ3n) is 2.50. The van der Waals surface area contributed by atoms with E-state index in [4.69, 9.17) is 14.3 Å². The Labute approximate surface area is 118 Å². The van der Waals surface area contributed by atoms with Crippen LogP contribution in [0.25, 0.3) is 0 Å². The Morgan fingerprint density at radius 2 is 2.21 bits per heavy atom. The average molecular weight is 326 g/mol. The Balaban J connectivity index is 2.07. The molecule has 0 radical (unpaired) electrons. The first-order valence-corrected chi connectivity index (χ1v) is 6.29. The van der Waals surface area contributed by atoms with Gasteiger partial charge in [0.1, 0.15) is 11.5 Å². The van der Waals surface area contributed by atoms with Crippen LogP contribution < -0.4 is 10.1 Å². The number of aromatic carboxylic acids is 1. The van der Waals surface area contributed by atoms with Crippen molar-refractivity contribution in [3.8, 4) is 5.75 Å². The molecule has 2 aromatic rings. The summed E-state index contributed by atoms with van der Waals surface area (Å²) in [6, 6.07) is 8.60. The molecule has 100 valence electrons. The van der Waals surface area contributed by atoms with E-state index < -0.39 is 5.97 Å². The molecule has 0 spiro atoms. The number of halogens is 1. The molecule has 5 nitrogen and oxygen atoms in total. The van der Waals surface area contributed by atoms with Gasteiger partial charge >= 0.3 is 5.97 Å². The number of methoxy groups -OCH3 is 1. The van der Waals surface area contributed by atoms with Gasteiger partial charge in [0.05, 0.1) is 19.3 Å². The van der Waals surface area contributed by atoms with E-state index in [-0.39, 0.29) is 5.76 Å². The lowest BCUT2D eigenvalue weighted by molar-refractivity contribution is 0.0660. The van der Waals surface area contributed by atoms with Crippen molar-refractivity contribution in [1.29, 1.82) is 0 Å². The second-order valence-electron chi connectivity index (χ2n) is 3.77. The van der Waals surface area contributed by atoms with Crippen LogP contribution >= 0.6 is 15.9 Å². The lowest BCUT2D eigenvalue weighted by atomic mass is 10.3. The van der Waals surface area contributed by atoms with Gasteiger partial charge in [0, 0.05) is 10.5 Å². The van der Waals surface area contributed by atoms with Crippen LogP contribution in [0.2, 0.25) is 0 Å². The van der Waals surface area contributed by atoms with Gasteiger partial charge in [-0.2, -0.15) is 0 Å². The number of hydrogen-bond acceptors (Lipinski definition) is 4. The van der Waals surface area contributed by atoms with Crippen molar-refractivity contribution in [3.05, 3.63) is 46.3 Å². The van der Waals surface area contributed by atoms with Crippen molar-refractivity contribution in [2.45, 2.75) is 6.54 Å². The fourth-order valence-electron chi connectivity index (χ4n) is 1.54. The lowest BCUT2D eigenvalue weighted by Crippen LogP contribution is -1.99. The summed E-state index contributed by atoms with van der Waals surface area (Å²) in [5.74, 6) is 0.138. The minimum Gasteiger partial charge on any atom is -0.497 e. The molecule has 0 aliphatic heterocycles. The molecule has 2 rings (SSSR count). The Morgan fingerprint density at radius 1 is 1.42 bits per heavy atom. The molecular formula is C13H12BrNO4. The number of benzene rings is 1. The summed E-state index contributed by atoms with van der Waals surface area (Å²) in [6.45, 7) is 0.388. The van der Waals surface area contributed by atoms with Crippen molar-refractivity contribution in [1.82, 2.24) is 0 Å². The molecule has 0 saturated carbocycles. The smallest absolute Gasteiger partial charge is 0.371 e. The molecule has 0 unspecified atom stereocenters. The molecule has 0 bridgehead atoms. The van der Waals surface area contributed by atoms with Gasteiger partial charge in [-0.15, -0.1) is 0 Å². The molecule has 1 aromatic heterocycles.